The summed E-state index contributed by atoms with van der Waals surface area (Å²) in [6.45, 7) is 0.869. The van der Waals surface area contributed by atoms with Crippen molar-refractivity contribution in [3.05, 3.63) is 101 Å². The van der Waals surface area contributed by atoms with Gasteiger partial charge in [-0.2, -0.15) is 0 Å². The summed E-state index contributed by atoms with van der Waals surface area (Å²) in [4.78, 5) is 12.5. The molecule has 1 aliphatic rings. The topological polar surface area (TPSA) is 38.3 Å². The van der Waals surface area contributed by atoms with Crippen LogP contribution in [0.4, 0.5) is 4.39 Å². The Morgan fingerprint density at radius 1 is 0.964 bits per heavy atom. The van der Waals surface area contributed by atoms with Crippen molar-refractivity contribution >= 4 is 5.91 Å². The molecule has 1 N–H and O–H groups in total. The van der Waals surface area contributed by atoms with Gasteiger partial charge in [-0.3, -0.25) is 4.79 Å². The molecule has 1 aliphatic carbocycles. The molecule has 142 valence electrons. The molecular weight excluding hydrogens is 353 g/mol. The van der Waals surface area contributed by atoms with Gasteiger partial charge in [-0.1, -0.05) is 66.7 Å². The largest absolute Gasteiger partial charge is 0.489 e. The van der Waals surface area contributed by atoms with Crippen LogP contribution in [0.15, 0.2) is 78.9 Å². The van der Waals surface area contributed by atoms with Crippen LogP contribution in [0.3, 0.4) is 0 Å². The highest BCUT2D eigenvalue weighted by atomic mass is 19.1. The van der Waals surface area contributed by atoms with Crippen molar-refractivity contribution in [3.8, 4) is 5.75 Å². The van der Waals surface area contributed by atoms with Crippen LogP contribution in [0.5, 0.6) is 5.75 Å². The van der Waals surface area contributed by atoms with Gasteiger partial charge in [0, 0.05) is 18.0 Å². The molecular formula is C24H22FNO2. The molecule has 1 fully saturated rings. The number of amides is 1. The van der Waals surface area contributed by atoms with Crippen LogP contribution in [-0.4, -0.2) is 5.91 Å². The Bertz CT molecular complexity index is 958. The number of nitrogens with one attached hydrogen (secondary N) is 1. The number of carbonyl (C=O) groups is 1. The Balaban J connectivity index is 1.34. The smallest absolute Gasteiger partial charge is 0.224 e. The molecule has 0 heterocycles. The lowest BCUT2D eigenvalue weighted by Gasteiger charge is -2.12. The Labute approximate surface area is 164 Å². The molecule has 28 heavy (non-hydrogen) atoms. The normalized spacial score (nSPS) is 17.8. The Kier molecular flexibility index (Phi) is 5.38. The monoisotopic (exact) mass is 375 g/mol. The number of hydrogen-bond donors (Lipinski definition) is 1. The van der Waals surface area contributed by atoms with Gasteiger partial charge < -0.3 is 10.1 Å². The molecule has 0 aliphatic heterocycles. The third kappa shape index (κ3) is 4.22. The molecule has 0 spiro atoms. The predicted molar refractivity (Wildman–Crippen MR) is 106 cm³/mol. The van der Waals surface area contributed by atoms with E-state index in [1.165, 1.54) is 6.07 Å². The molecule has 0 saturated heterocycles. The van der Waals surface area contributed by atoms with E-state index in [9.17, 15) is 9.18 Å². The quantitative estimate of drug-likeness (QED) is 0.643. The Morgan fingerprint density at radius 3 is 2.50 bits per heavy atom. The number of ether oxygens (including phenoxy) is 1. The maximum absolute atomic E-state index is 13.9. The highest BCUT2D eigenvalue weighted by Gasteiger charge is 2.44. The van der Waals surface area contributed by atoms with Gasteiger partial charge in [0.1, 0.15) is 18.2 Å². The van der Waals surface area contributed by atoms with E-state index in [-0.39, 0.29) is 23.6 Å². The van der Waals surface area contributed by atoms with E-state index in [0.29, 0.717) is 25.1 Å². The zero-order valence-electron chi connectivity index (χ0n) is 15.5. The molecule has 0 bridgehead atoms. The summed E-state index contributed by atoms with van der Waals surface area (Å²) in [6.07, 6.45) is 0.693. The number of para-hydroxylation sites is 1. The lowest BCUT2D eigenvalue weighted by molar-refractivity contribution is -0.122. The Morgan fingerprint density at radius 2 is 1.68 bits per heavy atom. The minimum Gasteiger partial charge on any atom is -0.489 e. The second kappa shape index (κ2) is 8.26. The fraction of sp³-hybridized carbons (Fsp3) is 0.208. The summed E-state index contributed by atoms with van der Waals surface area (Å²) in [5.74, 6) is 0.307. The highest BCUT2D eigenvalue weighted by molar-refractivity contribution is 5.83. The third-order valence-electron chi connectivity index (χ3n) is 5.09. The molecule has 4 rings (SSSR count). The van der Waals surface area contributed by atoms with Gasteiger partial charge >= 0.3 is 0 Å². The summed E-state index contributed by atoms with van der Waals surface area (Å²) in [5, 5.41) is 2.98. The van der Waals surface area contributed by atoms with E-state index in [4.69, 9.17) is 4.74 Å². The highest BCUT2D eigenvalue weighted by Crippen LogP contribution is 2.48. The molecule has 1 saturated carbocycles. The first-order valence-corrected chi connectivity index (χ1v) is 9.49. The molecule has 2 atom stereocenters. The van der Waals surface area contributed by atoms with E-state index in [1.807, 2.05) is 60.7 Å². The van der Waals surface area contributed by atoms with Gasteiger partial charge in [-0.15, -0.1) is 0 Å². The summed E-state index contributed by atoms with van der Waals surface area (Å²) < 4.78 is 19.8. The first kappa shape index (κ1) is 18.2. The average molecular weight is 375 g/mol. The molecule has 0 radical (unpaired) electrons. The average Bonchev–Trinajstić information content (AvgIpc) is 3.53. The maximum Gasteiger partial charge on any atom is 0.224 e. The van der Waals surface area contributed by atoms with Crippen LogP contribution in [0.25, 0.3) is 0 Å². The van der Waals surface area contributed by atoms with Crippen LogP contribution in [0.2, 0.25) is 0 Å². The predicted octanol–water partition coefficient (Wildman–Crippen LogP) is 4.82. The summed E-state index contributed by atoms with van der Waals surface area (Å²) >= 11 is 0. The van der Waals surface area contributed by atoms with Crippen LogP contribution in [0.1, 0.15) is 29.0 Å². The lowest BCUT2D eigenvalue weighted by atomic mass is 10.1. The van der Waals surface area contributed by atoms with Crippen molar-refractivity contribution in [2.45, 2.75) is 25.5 Å². The first-order chi connectivity index (χ1) is 13.7. The van der Waals surface area contributed by atoms with Crippen molar-refractivity contribution in [1.29, 1.82) is 0 Å². The maximum atomic E-state index is 13.9. The second-order valence-electron chi connectivity index (χ2n) is 7.07. The number of rotatable bonds is 7. The van der Waals surface area contributed by atoms with E-state index < -0.39 is 0 Å². The fourth-order valence-corrected chi connectivity index (χ4v) is 3.44. The lowest BCUT2D eigenvalue weighted by Crippen LogP contribution is -2.25. The zero-order chi connectivity index (χ0) is 19.3. The van der Waals surface area contributed by atoms with E-state index in [2.05, 4.69) is 5.32 Å². The fourth-order valence-electron chi connectivity index (χ4n) is 3.44. The van der Waals surface area contributed by atoms with E-state index >= 15 is 0 Å². The van der Waals surface area contributed by atoms with Crippen LogP contribution >= 0.6 is 0 Å². The van der Waals surface area contributed by atoms with Crippen molar-refractivity contribution in [2.24, 2.45) is 5.92 Å². The number of benzene rings is 3. The van der Waals surface area contributed by atoms with Crippen molar-refractivity contribution < 1.29 is 13.9 Å². The van der Waals surface area contributed by atoms with Crippen LogP contribution in [-0.2, 0) is 17.9 Å². The first-order valence-electron chi connectivity index (χ1n) is 9.49. The van der Waals surface area contributed by atoms with Gasteiger partial charge in [-0.25, -0.2) is 4.39 Å². The standard InChI is InChI=1S/C24H22FNO2/c25-22-12-6-5-11-19(22)20-14-21(20)24(27)26-15-18-10-4-7-13-23(18)28-16-17-8-2-1-3-9-17/h1-13,20-21H,14-16H2,(H,26,27). The summed E-state index contributed by atoms with van der Waals surface area (Å²) in [7, 11) is 0. The molecule has 2 unspecified atom stereocenters. The summed E-state index contributed by atoms with van der Waals surface area (Å²) in [6, 6.07) is 24.3. The van der Waals surface area contributed by atoms with E-state index in [0.717, 1.165) is 16.9 Å². The van der Waals surface area contributed by atoms with Gasteiger partial charge in [0.05, 0.1) is 0 Å². The molecule has 3 nitrogen and oxygen atoms in total. The zero-order valence-corrected chi connectivity index (χ0v) is 15.5. The van der Waals surface area contributed by atoms with E-state index in [1.54, 1.807) is 12.1 Å². The second-order valence-corrected chi connectivity index (χ2v) is 7.07. The van der Waals surface area contributed by atoms with Gasteiger partial charge in [0.25, 0.3) is 0 Å². The van der Waals surface area contributed by atoms with Crippen LogP contribution < -0.4 is 10.1 Å². The third-order valence-corrected chi connectivity index (χ3v) is 5.09. The molecule has 3 aromatic rings. The molecule has 1 amide bonds. The van der Waals surface area contributed by atoms with Gasteiger partial charge in [-0.05, 0) is 35.6 Å². The van der Waals surface area contributed by atoms with Crippen molar-refractivity contribution in [2.75, 3.05) is 0 Å². The van der Waals surface area contributed by atoms with Crippen molar-refractivity contribution in [3.63, 3.8) is 0 Å². The molecule has 3 aromatic carbocycles. The number of halogens is 1. The number of carbonyl (C=O) groups excluding carboxylic acids is 1. The summed E-state index contributed by atoms with van der Waals surface area (Å²) in [5.41, 5.74) is 2.65. The Hall–Kier alpha value is -3.14. The SMILES string of the molecule is O=C(NCc1ccccc1OCc1ccccc1)C1CC1c1ccccc1F. The molecule has 4 heteroatoms. The number of hydrogen-bond acceptors (Lipinski definition) is 2. The van der Waals surface area contributed by atoms with Crippen molar-refractivity contribution in [1.82, 2.24) is 5.32 Å². The minimum atomic E-state index is -0.234. The minimum absolute atomic E-state index is 0.0224. The van der Waals surface area contributed by atoms with Gasteiger partial charge in [0.15, 0.2) is 0 Å². The van der Waals surface area contributed by atoms with Crippen LogP contribution in [0, 0.1) is 11.7 Å². The molecule has 0 aromatic heterocycles. The van der Waals surface area contributed by atoms with Gasteiger partial charge in [0.2, 0.25) is 5.91 Å².